The van der Waals surface area contributed by atoms with Crippen LogP contribution in [-0.4, -0.2) is 21.6 Å². The van der Waals surface area contributed by atoms with Crippen molar-refractivity contribution in [2.24, 2.45) is 0 Å². The smallest absolute Gasteiger partial charge is 0.245 e. The lowest BCUT2D eigenvalue weighted by atomic mass is 10.1. The Balaban J connectivity index is 2.22. The number of benzene rings is 1. The van der Waals surface area contributed by atoms with Crippen molar-refractivity contribution in [2.45, 2.75) is 6.92 Å². The van der Waals surface area contributed by atoms with Gasteiger partial charge in [-0.3, -0.25) is 0 Å². The second-order valence-corrected chi connectivity index (χ2v) is 4.77. The third-order valence-electron chi connectivity index (χ3n) is 2.96. The van der Waals surface area contributed by atoms with E-state index in [1.54, 1.807) is 0 Å². The molecule has 0 saturated heterocycles. The summed E-state index contributed by atoms with van der Waals surface area (Å²) in [6, 6.07) is 11.2. The summed E-state index contributed by atoms with van der Waals surface area (Å²) in [6.45, 7) is 2.35. The van der Waals surface area contributed by atoms with Gasteiger partial charge in [0.05, 0.1) is 17.8 Å². The number of nitrogen functional groups attached to an aromatic ring is 1. The first kappa shape index (κ1) is 13.6. The summed E-state index contributed by atoms with van der Waals surface area (Å²) >= 11 is 6.21. The van der Waals surface area contributed by atoms with Crippen molar-refractivity contribution in [1.29, 1.82) is 0 Å². The number of hydrogen-bond acceptors (Lipinski definition) is 5. The van der Waals surface area contributed by atoms with Crippen molar-refractivity contribution in [3.63, 3.8) is 0 Å². The summed E-state index contributed by atoms with van der Waals surface area (Å²) in [4.78, 5) is 12.8. The van der Waals surface area contributed by atoms with Crippen LogP contribution in [0.2, 0.25) is 5.02 Å². The Bertz CT molecular complexity index is 807. The molecule has 0 aliphatic heterocycles. The molecule has 0 aliphatic carbocycles. The first-order valence-corrected chi connectivity index (χ1v) is 6.89. The van der Waals surface area contributed by atoms with Crippen molar-refractivity contribution in [3.05, 3.63) is 41.4 Å². The minimum atomic E-state index is 0.165. The quantitative estimate of drug-likeness (QED) is 0.803. The second-order valence-electron chi connectivity index (χ2n) is 4.36. The highest BCUT2D eigenvalue weighted by Gasteiger charge is 2.11. The number of hydrogen-bond donors (Lipinski definition) is 1. The molecule has 0 fully saturated rings. The van der Waals surface area contributed by atoms with E-state index in [0.717, 1.165) is 11.3 Å². The van der Waals surface area contributed by atoms with E-state index >= 15 is 0 Å². The Morgan fingerprint density at radius 2 is 1.90 bits per heavy atom. The van der Waals surface area contributed by atoms with E-state index < -0.39 is 0 Å². The van der Waals surface area contributed by atoms with E-state index in [0.29, 0.717) is 28.5 Å². The fourth-order valence-corrected chi connectivity index (χ4v) is 2.29. The number of fused-ring (bicyclic) bond motifs is 1. The summed E-state index contributed by atoms with van der Waals surface area (Å²) in [5, 5.41) is 0.638. The Kier molecular flexibility index (Phi) is 3.58. The molecular weight excluding hydrogens is 288 g/mol. The minimum absolute atomic E-state index is 0.165. The number of anilines is 1. The zero-order valence-electron chi connectivity index (χ0n) is 11.4. The predicted molar refractivity (Wildman–Crippen MR) is 83.4 cm³/mol. The van der Waals surface area contributed by atoms with Crippen molar-refractivity contribution < 1.29 is 4.74 Å². The molecule has 1 aromatic carbocycles. The molecule has 0 spiro atoms. The topological polar surface area (TPSA) is 73.9 Å². The van der Waals surface area contributed by atoms with Crippen LogP contribution in [0.15, 0.2) is 36.4 Å². The lowest BCUT2D eigenvalue weighted by molar-refractivity contribution is 0.330. The molecule has 2 heterocycles. The van der Waals surface area contributed by atoms with Crippen LogP contribution in [-0.2, 0) is 0 Å². The predicted octanol–water partition coefficient (Wildman–Crippen LogP) is 3.33. The average Bonchev–Trinajstić information content (AvgIpc) is 2.48. The molecular formula is C15H13ClN4O. The number of rotatable bonds is 3. The van der Waals surface area contributed by atoms with Crippen LogP contribution >= 0.6 is 11.6 Å². The molecule has 0 bridgehead atoms. The molecule has 0 atom stereocenters. The number of halogens is 1. The maximum absolute atomic E-state index is 6.21. The molecule has 2 N–H and O–H groups in total. The van der Waals surface area contributed by atoms with Gasteiger partial charge in [0.15, 0.2) is 5.52 Å². The Labute approximate surface area is 126 Å². The number of aromatic nitrogens is 3. The van der Waals surface area contributed by atoms with Crippen molar-refractivity contribution in [2.75, 3.05) is 12.3 Å². The SMILES string of the molecule is CCOc1nc(N)nc2ccc(-c3ccccc3Cl)nc12. The van der Waals surface area contributed by atoms with Crippen LogP contribution in [0.25, 0.3) is 22.3 Å². The summed E-state index contributed by atoms with van der Waals surface area (Å²) in [5.41, 5.74) is 8.48. The van der Waals surface area contributed by atoms with Gasteiger partial charge in [-0.2, -0.15) is 4.98 Å². The molecule has 3 rings (SSSR count). The number of nitrogens with two attached hydrogens (primary N) is 1. The van der Waals surface area contributed by atoms with Gasteiger partial charge in [-0.1, -0.05) is 29.8 Å². The first-order chi connectivity index (χ1) is 10.2. The van der Waals surface area contributed by atoms with E-state index in [4.69, 9.17) is 22.1 Å². The molecule has 5 nitrogen and oxygen atoms in total. The monoisotopic (exact) mass is 300 g/mol. The summed E-state index contributed by atoms with van der Waals surface area (Å²) in [5.74, 6) is 0.548. The Morgan fingerprint density at radius 3 is 2.67 bits per heavy atom. The molecule has 106 valence electrons. The van der Waals surface area contributed by atoms with Gasteiger partial charge >= 0.3 is 0 Å². The van der Waals surface area contributed by atoms with Gasteiger partial charge in [0, 0.05) is 10.6 Å². The molecule has 0 unspecified atom stereocenters. The van der Waals surface area contributed by atoms with E-state index in [1.165, 1.54) is 0 Å². The first-order valence-electron chi connectivity index (χ1n) is 6.51. The molecule has 2 aromatic heterocycles. The number of pyridine rings is 1. The molecule has 6 heteroatoms. The molecule has 0 radical (unpaired) electrons. The van der Waals surface area contributed by atoms with Gasteiger partial charge < -0.3 is 10.5 Å². The zero-order chi connectivity index (χ0) is 14.8. The van der Waals surface area contributed by atoms with E-state index in [-0.39, 0.29) is 5.95 Å². The lowest BCUT2D eigenvalue weighted by Gasteiger charge is -2.08. The van der Waals surface area contributed by atoms with Crippen molar-refractivity contribution >= 4 is 28.6 Å². The summed E-state index contributed by atoms with van der Waals surface area (Å²) in [7, 11) is 0. The van der Waals surface area contributed by atoms with Crippen LogP contribution in [0.1, 0.15) is 6.92 Å². The molecule has 3 aromatic rings. The van der Waals surface area contributed by atoms with Gasteiger partial charge in [-0.05, 0) is 25.1 Å². The highest BCUT2D eigenvalue weighted by molar-refractivity contribution is 6.33. The number of nitrogens with zero attached hydrogens (tertiary/aromatic N) is 3. The highest BCUT2D eigenvalue weighted by atomic mass is 35.5. The van der Waals surface area contributed by atoms with Gasteiger partial charge in [-0.15, -0.1) is 0 Å². The van der Waals surface area contributed by atoms with Gasteiger partial charge in [0.25, 0.3) is 0 Å². The standard InChI is InChI=1S/C15H13ClN4O/c1-2-21-14-13-12(19-15(17)20-14)8-7-11(18-13)9-5-3-4-6-10(9)16/h3-8H,2H2,1H3,(H2,17,19,20). The molecule has 0 amide bonds. The van der Waals surface area contributed by atoms with Crippen LogP contribution < -0.4 is 10.5 Å². The summed E-state index contributed by atoms with van der Waals surface area (Å²) in [6.07, 6.45) is 0. The van der Waals surface area contributed by atoms with Gasteiger partial charge in [0.2, 0.25) is 11.8 Å². The Morgan fingerprint density at radius 1 is 1.10 bits per heavy atom. The van der Waals surface area contributed by atoms with Crippen LogP contribution in [0.5, 0.6) is 5.88 Å². The van der Waals surface area contributed by atoms with Crippen LogP contribution in [0.4, 0.5) is 5.95 Å². The van der Waals surface area contributed by atoms with Gasteiger partial charge in [-0.25, -0.2) is 9.97 Å². The normalized spacial score (nSPS) is 10.8. The second kappa shape index (κ2) is 5.54. The van der Waals surface area contributed by atoms with E-state index in [1.807, 2.05) is 43.3 Å². The van der Waals surface area contributed by atoms with E-state index in [2.05, 4.69) is 15.0 Å². The Hall–Kier alpha value is -2.40. The fraction of sp³-hybridized carbons (Fsp3) is 0.133. The lowest BCUT2D eigenvalue weighted by Crippen LogP contribution is -2.02. The van der Waals surface area contributed by atoms with Crippen molar-refractivity contribution in [1.82, 2.24) is 15.0 Å². The maximum Gasteiger partial charge on any atom is 0.245 e. The van der Waals surface area contributed by atoms with Crippen LogP contribution in [0.3, 0.4) is 0 Å². The third kappa shape index (κ3) is 2.60. The zero-order valence-corrected chi connectivity index (χ0v) is 12.1. The number of ether oxygens (including phenoxy) is 1. The average molecular weight is 301 g/mol. The van der Waals surface area contributed by atoms with E-state index in [9.17, 15) is 0 Å². The third-order valence-corrected chi connectivity index (χ3v) is 3.29. The van der Waals surface area contributed by atoms with Crippen molar-refractivity contribution in [3.8, 4) is 17.1 Å². The van der Waals surface area contributed by atoms with Gasteiger partial charge in [0.1, 0.15) is 0 Å². The largest absolute Gasteiger partial charge is 0.476 e. The highest BCUT2D eigenvalue weighted by Crippen LogP contribution is 2.29. The molecule has 0 saturated carbocycles. The fourth-order valence-electron chi connectivity index (χ4n) is 2.06. The van der Waals surface area contributed by atoms with Crippen LogP contribution in [0, 0.1) is 0 Å². The maximum atomic E-state index is 6.21. The minimum Gasteiger partial charge on any atom is -0.476 e. The summed E-state index contributed by atoms with van der Waals surface area (Å²) < 4.78 is 5.49. The molecule has 21 heavy (non-hydrogen) atoms. The molecule has 0 aliphatic rings.